The summed E-state index contributed by atoms with van der Waals surface area (Å²) in [5, 5.41) is 9.90. The van der Waals surface area contributed by atoms with E-state index in [2.05, 4.69) is 51.0 Å². The van der Waals surface area contributed by atoms with Gasteiger partial charge in [0.1, 0.15) is 5.75 Å². The molecule has 0 fully saturated rings. The lowest BCUT2D eigenvalue weighted by Gasteiger charge is -2.29. The van der Waals surface area contributed by atoms with Gasteiger partial charge in [0.15, 0.2) is 0 Å². The molecule has 3 heteroatoms. The number of rotatable bonds is 3. The SMILES string of the molecule is Cc1cc(C)c2c(c1)OCCCC2(C#N)CCN(C)C. The lowest BCUT2D eigenvalue weighted by atomic mass is 9.73. The first-order chi connectivity index (χ1) is 9.48. The van der Waals surface area contributed by atoms with Gasteiger partial charge in [0, 0.05) is 5.56 Å². The molecule has 0 saturated carbocycles. The van der Waals surface area contributed by atoms with E-state index in [9.17, 15) is 5.26 Å². The van der Waals surface area contributed by atoms with Crippen molar-refractivity contribution in [1.29, 1.82) is 5.26 Å². The van der Waals surface area contributed by atoms with Crippen LogP contribution in [0.4, 0.5) is 0 Å². The predicted octanol–water partition coefficient (Wildman–Crippen LogP) is 3.19. The minimum atomic E-state index is -0.409. The quantitative estimate of drug-likeness (QED) is 0.848. The van der Waals surface area contributed by atoms with E-state index in [0.29, 0.717) is 6.61 Å². The third kappa shape index (κ3) is 2.81. The standard InChI is InChI=1S/C17H24N2O/c1-13-10-14(2)16-15(11-13)20-9-5-6-17(16,12-18)7-8-19(3)4/h10-11H,5-9H2,1-4H3. The van der Waals surface area contributed by atoms with Crippen molar-refractivity contribution in [3.63, 3.8) is 0 Å². The van der Waals surface area contributed by atoms with Crippen LogP contribution >= 0.6 is 0 Å². The van der Waals surface area contributed by atoms with Crippen LogP contribution < -0.4 is 4.74 Å². The smallest absolute Gasteiger partial charge is 0.124 e. The molecule has 1 heterocycles. The van der Waals surface area contributed by atoms with Crippen molar-refractivity contribution in [3.8, 4) is 11.8 Å². The van der Waals surface area contributed by atoms with Crippen molar-refractivity contribution in [2.75, 3.05) is 27.2 Å². The summed E-state index contributed by atoms with van der Waals surface area (Å²) in [4.78, 5) is 2.15. The van der Waals surface area contributed by atoms with Crippen molar-refractivity contribution in [1.82, 2.24) is 4.90 Å². The molecule has 0 aromatic heterocycles. The molecular weight excluding hydrogens is 248 g/mol. The van der Waals surface area contributed by atoms with Crippen molar-refractivity contribution < 1.29 is 4.74 Å². The summed E-state index contributed by atoms with van der Waals surface area (Å²) in [6.45, 7) is 5.80. The average molecular weight is 272 g/mol. The van der Waals surface area contributed by atoms with Crippen molar-refractivity contribution in [2.24, 2.45) is 0 Å². The van der Waals surface area contributed by atoms with Gasteiger partial charge in [0.05, 0.1) is 18.1 Å². The van der Waals surface area contributed by atoms with Crippen molar-refractivity contribution >= 4 is 0 Å². The summed E-state index contributed by atoms with van der Waals surface area (Å²) < 4.78 is 5.91. The number of aryl methyl sites for hydroxylation is 2. The van der Waals surface area contributed by atoms with E-state index in [1.54, 1.807) is 0 Å². The van der Waals surface area contributed by atoms with Crippen LogP contribution in [-0.2, 0) is 5.41 Å². The van der Waals surface area contributed by atoms with Crippen LogP contribution in [-0.4, -0.2) is 32.1 Å². The van der Waals surface area contributed by atoms with E-state index in [4.69, 9.17) is 4.74 Å². The van der Waals surface area contributed by atoms with Crippen LogP contribution in [0.5, 0.6) is 5.75 Å². The highest BCUT2D eigenvalue weighted by atomic mass is 16.5. The van der Waals surface area contributed by atoms with Crippen LogP contribution in [0, 0.1) is 25.2 Å². The number of nitriles is 1. The molecule has 1 aromatic carbocycles. The summed E-state index contributed by atoms with van der Waals surface area (Å²) in [7, 11) is 4.11. The second-order valence-electron chi connectivity index (χ2n) is 6.15. The molecule has 1 aliphatic heterocycles. The second-order valence-corrected chi connectivity index (χ2v) is 6.15. The predicted molar refractivity (Wildman–Crippen MR) is 81.1 cm³/mol. The summed E-state index contributed by atoms with van der Waals surface area (Å²) in [5.74, 6) is 0.917. The number of benzene rings is 1. The highest BCUT2D eigenvalue weighted by molar-refractivity contribution is 5.51. The molecular formula is C17H24N2O. The van der Waals surface area contributed by atoms with Gasteiger partial charge in [-0.25, -0.2) is 0 Å². The Morgan fingerprint density at radius 2 is 2.10 bits per heavy atom. The number of nitrogens with zero attached hydrogens (tertiary/aromatic N) is 2. The molecule has 0 radical (unpaired) electrons. The molecule has 1 aromatic rings. The molecule has 3 nitrogen and oxygen atoms in total. The Bertz CT molecular complexity index is 531. The Hall–Kier alpha value is -1.53. The molecule has 1 aliphatic rings. The minimum absolute atomic E-state index is 0.409. The number of hydrogen-bond donors (Lipinski definition) is 0. The normalized spacial score (nSPS) is 21.8. The van der Waals surface area contributed by atoms with Crippen LogP contribution in [0.15, 0.2) is 12.1 Å². The molecule has 0 N–H and O–H groups in total. The molecule has 2 rings (SSSR count). The Kier molecular flexibility index (Phi) is 4.35. The van der Waals surface area contributed by atoms with Gasteiger partial charge in [-0.2, -0.15) is 5.26 Å². The minimum Gasteiger partial charge on any atom is -0.493 e. The van der Waals surface area contributed by atoms with E-state index < -0.39 is 5.41 Å². The maximum absolute atomic E-state index is 9.90. The molecule has 1 atom stereocenters. The molecule has 1 unspecified atom stereocenters. The fourth-order valence-electron chi connectivity index (χ4n) is 3.17. The zero-order chi connectivity index (χ0) is 14.8. The molecule has 0 saturated heterocycles. The Balaban J connectivity index is 2.51. The number of fused-ring (bicyclic) bond motifs is 1. The summed E-state index contributed by atoms with van der Waals surface area (Å²) in [6.07, 6.45) is 2.68. The highest BCUT2D eigenvalue weighted by Crippen LogP contribution is 2.43. The summed E-state index contributed by atoms with van der Waals surface area (Å²) in [5.41, 5.74) is 3.09. The Morgan fingerprint density at radius 3 is 2.75 bits per heavy atom. The van der Waals surface area contributed by atoms with Crippen LogP contribution in [0.1, 0.15) is 36.0 Å². The Morgan fingerprint density at radius 1 is 1.35 bits per heavy atom. The molecule has 108 valence electrons. The van der Waals surface area contributed by atoms with Crippen LogP contribution in [0.3, 0.4) is 0 Å². The summed E-state index contributed by atoms with van der Waals surface area (Å²) in [6, 6.07) is 6.86. The van der Waals surface area contributed by atoms with Crippen molar-refractivity contribution in [2.45, 2.75) is 38.5 Å². The van der Waals surface area contributed by atoms with Crippen LogP contribution in [0.2, 0.25) is 0 Å². The van der Waals surface area contributed by atoms with Gasteiger partial charge in [-0.05, 0) is 70.9 Å². The molecule has 20 heavy (non-hydrogen) atoms. The number of hydrogen-bond acceptors (Lipinski definition) is 3. The van der Waals surface area contributed by atoms with Gasteiger partial charge in [0.25, 0.3) is 0 Å². The zero-order valence-corrected chi connectivity index (χ0v) is 13.0. The third-order valence-corrected chi connectivity index (χ3v) is 4.13. The zero-order valence-electron chi connectivity index (χ0n) is 13.0. The van der Waals surface area contributed by atoms with E-state index in [1.807, 2.05) is 0 Å². The lowest BCUT2D eigenvalue weighted by Crippen LogP contribution is -2.30. The Labute approximate surface area is 122 Å². The average Bonchev–Trinajstić information content (AvgIpc) is 2.56. The lowest BCUT2D eigenvalue weighted by molar-refractivity contribution is 0.309. The first kappa shape index (κ1) is 14.9. The fourth-order valence-corrected chi connectivity index (χ4v) is 3.17. The van der Waals surface area contributed by atoms with Crippen molar-refractivity contribution in [3.05, 3.63) is 28.8 Å². The monoisotopic (exact) mass is 272 g/mol. The number of ether oxygens (including phenoxy) is 1. The second kappa shape index (κ2) is 5.85. The van der Waals surface area contributed by atoms with E-state index in [-0.39, 0.29) is 0 Å². The largest absolute Gasteiger partial charge is 0.493 e. The topological polar surface area (TPSA) is 36.3 Å². The van der Waals surface area contributed by atoms with Crippen LogP contribution in [0.25, 0.3) is 0 Å². The molecule has 0 aliphatic carbocycles. The highest BCUT2D eigenvalue weighted by Gasteiger charge is 2.37. The molecule has 0 spiro atoms. The van der Waals surface area contributed by atoms with E-state index in [0.717, 1.165) is 37.1 Å². The summed E-state index contributed by atoms with van der Waals surface area (Å²) >= 11 is 0. The molecule has 0 amide bonds. The fraction of sp³-hybridized carbons (Fsp3) is 0.588. The maximum Gasteiger partial charge on any atom is 0.124 e. The van der Waals surface area contributed by atoms with Gasteiger partial charge < -0.3 is 9.64 Å². The first-order valence-electron chi connectivity index (χ1n) is 7.29. The van der Waals surface area contributed by atoms with Gasteiger partial charge in [-0.3, -0.25) is 0 Å². The van der Waals surface area contributed by atoms with Gasteiger partial charge in [0.2, 0.25) is 0 Å². The molecule has 0 bridgehead atoms. The van der Waals surface area contributed by atoms with E-state index >= 15 is 0 Å². The maximum atomic E-state index is 9.90. The van der Waals surface area contributed by atoms with Gasteiger partial charge in [-0.15, -0.1) is 0 Å². The first-order valence-corrected chi connectivity index (χ1v) is 7.29. The van der Waals surface area contributed by atoms with E-state index in [1.165, 1.54) is 11.1 Å². The van der Waals surface area contributed by atoms with Gasteiger partial charge in [-0.1, -0.05) is 6.07 Å². The van der Waals surface area contributed by atoms with Gasteiger partial charge >= 0.3 is 0 Å². The third-order valence-electron chi connectivity index (χ3n) is 4.13.